The second-order valence-electron chi connectivity index (χ2n) is 5.98. The van der Waals surface area contributed by atoms with Crippen LogP contribution in [0.5, 0.6) is 0 Å². The van der Waals surface area contributed by atoms with Crippen LogP contribution in [0.25, 0.3) is 0 Å². The first-order chi connectivity index (χ1) is 9.64. The van der Waals surface area contributed by atoms with Crippen molar-refractivity contribution in [2.24, 2.45) is 5.41 Å². The number of hydrogen-bond donors (Lipinski definition) is 1. The van der Waals surface area contributed by atoms with Gasteiger partial charge in [0.05, 0.1) is 10.5 Å². The first kappa shape index (κ1) is 17.4. The lowest BCUT2D eigenvalue weighted by molar-refractivity contribution is -0.384. The number of nitro benzene ring substituents is 1. The third-order valence-corrected chi connectivity index (χ3v) is 3.29. The van der Waals surface area contributed by atoms with Gasteiger partial charge in [0.15, 0.2) is 0 Å². The van der Waals surface area contributed by atoms with Gasteiger partial charge in [-0.3, -0.25) is 14.9 Å². The van der Waals surface area contributed by atoms with Gasteiger partial charge in [0, 0.05) is 19.2 Å². The van der Waals surface area contributed by atoms with Gasteiger partial charge in [-0.05, 0) is 25.6 Å². The molecular formula is C14H20ClN3O3. The molecule has 0 bridgehead atoms. The average molecular weight is 314 g/mol. The molecule has 0 radical (unpaired) electrons. The van der Waals surface area contributed by atoms with E-state index in [1.165, 1.54) is 18.2 Å². The molecular weight excluding hydrogens is 294 g/mol. The fourth-order valence-electron chi connectivity index (χ4n) is 2.16. The van der Waals surface area contributed by atoms with Gasteiger partial charge in [-0.2, -0.15) is 0 Å². The summed E-state index contributed by atoms with van der Waals surface area (Å²) in [5.41, 5.74) is -0.268. The summed E-state index contributed by atoms with van der Waals surface area (Å²) in [6.07, 6.45) is 0. The fraction of sp³-hybridized carbons (Fsp3) is 0.500. The molecule has 1 aromatic rings. The number of carbonyl (C=O) groups excluding carboxylic acids is 1. The molecule has 116 valence electrons. The summed E-state index contributed by atoms with van der Waals surface area (Å²) in [6.45, 7) is 5.31. The van der Waals surface area contributed by atoms with Crippen LogP contribution >= 0.6 is 11.6 Å². The molecule has 0 unspecified atom stereocenters. The Hall–Kier alpha value is -1.66. The van der Waals surface area contributed by atoms with E-state index in [0.29, 0.717) is 6.54 Å². The maximum Gasteiger partial charge on any atom is 0.288 e. The monoisotopic (exact) mass is 313 g/mol. The number of amides is 1. The van der Waals surface area contributed by atoms with Crippen LogP contribution in [-0.4, -0.2) is 42.9 Å². The van der Waals surface area contributed by atoms with E-state index < -0.39 is 10.8 Å². The van der Waals surface area contributed by atoms with Crippen molar-refractivity contribution >= 4 is 23.2 Å². The quantitative estimate of drug-likeness (QED) is 0.647. The third kappa shape index (κ3) is 4.99. The second kappa shape index (κ2) is 6.87. The van der Waals surface area contributed by atoms with Gasteiger partial charge in [-0.15, -0.1) is 0 Å². The third-order valence-electron chi connectivity index (χ3n) is 2.89. The first-order valence-corrected chi connectivity index (χ1v) is 6.88. The van der Waals surface area contributed by atoms with Crippen LogP contribution in [0.3, 0.4) is 0 Å². The molecule has 7 heteroatoms. The predicted octanol–water partition coefficient (Wildman–Crippen LogP) is 2.57. The highest BCUT2D eigenvalue weighted by molar-refractivity contribution is 6.35. The van der Waals surface area contributed by atoms with Crippen molar-refractivity contribution in [2.45, 2.75) is 13.8 Å². The highest BCUT2D eigenvalue weighted by Gasteiger charge is 2.23. The van der Waals surface area contributed by atoms with E-state index >= 15 is 0 Å². The predicted molar refractivity (Wildman–Crippen MR) is 82.8 cm³/mol. The zero-order valence-corrected chi connectivity index (χ0v) is 13.4. The van der Waals surface area contributed by atoms with E-state index in [0.717, 1.165) is 6.54 Å². The SMILES string of the molecule is CN(C)CC(C)(C)CNC(=O)c1cccc([N+](=O)[O-])c1Cl. The van der Waals surface area contributed by atoms with E-state index in [-0.39, 0.29) is 21.7 Å². The lowest BCUT2D eigenvalue weighted by Gasteiger charge is -2.28. The van der Waals surface area contributed by atoms with Gasteiger partial charge >= 0.3 is 0 Å². The molecule has 0 fully saturated rings. The molecule has 1 amide bonds. The van der Waals surface area contributed by atoms with Crippen LogP contribution < -0.4 is 5.32 Å². The van der Waals surface area contributed by atoms with Crippen molar-refractivity contribution < 1.29 is 9.72 Å². The highest BCUT2D eigenvalue weighted by atomic mass is 35.5. The highest BCUT2D eigenvalue weighted by Crippen LogP contribution is 2.27. The molecule has 0 aliphatic carbocycles. The normalized spacial score (nSPS) is 11.5. The molecule has 1 rings (SSSR count). The van der Waals surface area contributed by atoms with E-state index in [1.54, 1.807) is 0 Å². The number of halogens is 1. The molecule has 0 spiro atoms. The van der Waals surface area contributed by atoms with Crippen LogP contribution in [0.2, 0.25) is 5.02 Å². The smallest absolute Gasteiger partial charge is 0.288 e. The van der Waals surface area contributed by atoms with Crippen molar-refractivity contribution in [3.05, 3.63) is 38.9 Å². The van der Waals surface area contributed by atoms with Gasteiger partial charge < -0.3 is 10.2 Å². The van der Waals surface area contributed by atoms with Crippen LogP contribution in [0.4, 0.5) is 5.69 Å². The Morgan fingerprint density at radius 2 is 2.05 bits per heavy atom. The molecule has 1 aromatic carbocycles. The van der Waals surface area contributed by atoms with Crippen molar-refractivity contribution in [3.63, 3.8) is 0 Å². The standard InChI is InChI=1S/C14H20ClN3O3/c1-14(2,9-17(3)4)8-16-13(19)10-6-5-7-11(12(10)15)18(20)21/h5-7H,8-9H2,1-4H3,(H,16,19). The van der Waals surface area contributed by atoms with Crippen molar-refractivity contribution in [3.8, 4) is 0 Å². The zero-order valence-electron chi connectivity index (χ0n) is 12.6. The summed E-state index contributed by atoms with van der Waals surface area (Å²) >= 11 is 5.92. The molecule has 0 atom stereocenters. The number of rotatable bonds is 6. The first-order valence-electron chi connectivity index (χ1n) is 6.50. The van der Waals surface area contributed by atoms with Gasteiger partial charge in [0.25, 0.3) is 11.6 Å². The fourth-order valence-corrected chi connectivity index (χ4v) is 2.44. The molecule has 0 aromatic heterocycles. The summed E-state index contributed by atoms with van der Waals surface area (Å²) in [4.78, 5) is 24.4. The van der Waals surface area contributed by atoms with Crippen LogP contribution in [-0.2, 0) is 0 Å². The minimum Gasteiger partial charge on any atom is -0.351 e. The lowest BCUT2D eigenvalue weighted by Crippen LogP contribution is -2.40. The Bertz CT molecular complexity index is 544. The summed E-state index contributed by atoms with van der Waals surface area (Å²) in [7, 11) is 3.92. The number of nitrogens with zero attached hydrogens (tertiary/aromatic N) is 2. The second-order valence-corrected chi connectivity index (χ2v) is 6.36. The largest absolute Gasteiger partial charge is 0.351 e. The average Bonchev–Trinajstić information content (AvgIpc) is 2.34. The van der Waals surface area contributed by atoms with Crippen LogP contribution in [0.1, 0.15) is 24.2 Å². The molecule has 0 aliphatic rings. The maximum absolute atomic E-state index is 12.1. The Kier molecular flexibility index (Phi) is 5.69. The molecule has 6 nitrogen and oxygen atoms in total. The van der Waals surface area contributed by atoms with Crippen molar-refractivity contribution in [2.75, 3.05) is 27.2 Å². The van der Waals surface area contributed by atoms with Gasteiger partial charge in [-0.1, -0.05) is 31.5 Å². The molecule has 1 N–H and O–H groups in total. The number of benzene rings is 1. The van der Waals surface area contributed by atoms with Crippen molar-refractivity contribution in [1.29, 1.82) is 0 Å². The summed E-state index contributed by atoms with van der Waals surface area (Å²) in [5, 5.41) is 13.5. The van der Waals surface area contributed by atoms with Crippen LogP contribution in [0.15, 0.2) is 18.2 Å². The van der Waals surface area contributed by atoms with Gasteiger partial charge in [-0.25, -0.2) is 0 Å². The Balaban J connectivity index is 2.82. The number of carbonyl (C=O) groups is 1. The maximum atomic E-state index is 12.1. The molecule has 21 heavy (non-hydrogen) atoms. The lowest BCUT2D eigenvalue weighted by atomic mass is 9.93. The number of hydrogen-bond acceptors (Lipinski definition) is 4. The summed E-state index contributed by atoms with van der Waals surface area (Å²) < 4.78 is 0. The molecule has 0 saturated heterocycles. The Morgan fingerprint density at radius 1 is 1.43 bits per heavy atom. The van der Waals surface area contributed by atoms with E-state index in [9.17, 15) is 14.9 Å². The van der Waals surface area contributed by atoms with E-state index in [2.05, 4.69) is 5.32 Å². The summed E-state index contributed by atoms with van der Waals surface area (Å²) in [6, 6.07) is 4.20. The Labute approximate surface area is 129 Å². The molecule has 0 heterocycles. The Morgan fingerprint density at radius 3 is 2.57 bits per heavy atom. The molecule has 0 aliphatic heterocycles. The van der Waals surface area contributed by atoms with E-state index in [4.69, 9.17) is 11.6 Å². The minimum absolute atomic E-state index is 0.117. The van der Waals surface area contributed by atoms with Crippen molar-refractivity contribution in [1.82, 2.24) is 10.2 Å². The van der Waals surface area contributed by atoms with E-state index in [1.807, 2.05) is 32.8 Å². The van der Waals surface area contributed by atoms with Gasteiger partial charge in [0.1, 0.15) is 5.02 Å². The number of nitro groups is 1. The summed E-state index contributed by atoms with van der Waals surface area (Å²) in [5.74, 6) is -0.407. The number of nitrogens with one attached hydrogen (secondary N) is 1. The molecule has 0 saturated carbocycles. The van der Waals surface area contributed by atoms with Crippen LogP contribution in [0, 0.1) is 15.5 Å². The minimum atomic E-state index is -0.602. The topological polar surface area (TPSA) is 75.5 Å². The van der Waals surface area contributed by atoms with Gasteiger partial charge in [0.2, 0.25) is 0 Å². The zero-order chi connectivity index (χ0) is 16.2.